The van der Waals surface area contributed by atoms with Crippen molar-refractivity contribution in [3.8, 4) is 17.2 Å². The molecular weight excluding hydrogens is 534 g/mol. The Hall–Kier alpha value is -5.57. The van der Waals surface area contributed by atoms with Gasteiger partial charge in [0.2, 0.25) is 0 Å². The number of carbonyl (C=O) groups is 2. The van der Waals surface area contributed by atoms with Gasteiger partial charge in [-0.05, 0) is 110 Å². The normalized spacial score (nSPS) is 11.0. The second-order valence-electron chi connectivity index (χ2n) is 9.56. The molecule has 2 aromatic heterocycles. The molecule has 0 fully saturated rings. The number of nitrogens with one attached hydrogen (secondary N) is 1. The molecule has 0 aliphatic rings. The van der Waals surface area contributed by atoms with Crippen LogP contribution >= 0.6 is 0 Å². The molecule has 1 amide bonds. The van der Waals surface area contributed by atoms with Gasteiger partial charge in [0.25, 0.3) is 0 Å². The topological polar surface area (TPSA) is 115 Å². The van der Waals surface area contributed by atoms with Crippen molar-refractivity contribution >= 4 is 18.1 Å². The van der Waals surface area contributed by atoms with Gasteiger partial charge in [0.1, 0.15) is 30.5 Å². The van der Waals surface area contributed by atoms with Crippen LogP contribution in [-0.4, -0.2) is 27.8 Å². The van der Waals surface area contributed by atoms with E-state index in [9.17, 15) is 9.59 Å². The van der Waals surface area contributed by atoms with Crippen LogP contribution in [0, 0.1) is 13.8 Å². The monoisotopic (exact) mass is 563 g/mol. The van der Waals surface area contributed by atoms with E-state index >= 15 is 0 Å². The van der Waals surface area contributed by atoms with Crippen LogP contribution in [0.1, 0.15) is 49.2 Å². The zero-order valence-corrected chi connectivity index (χ0v) is 23.1. The number of ether oxygens (including phenoxy) is 2. The number of carboxylic acid groups (broad SMARTS) is 1. The van der Waals surface area contributed by atoms with Crippen LogP contribution < -0.4 is 14.9 Å². The molecule has 9 heteroatoms. The van der Waals surface area contributed by atoms with Gasteiger partial charge in [-0.15, -0.1) is 0 Å². The van der Waals surface area contributed by atoms with E-state index in [1.54, 1.807) is 54.6 Å². The summed E-state index contributed by atoms with van der Waals surface area (Å²) in [5.74, 6) is 0.472. The lowest BCUT2D eigenvalue weighted by Crippen LogP contribution is -2.16. The van der Waals surface area contributed by atoms with E-state index in [0.717, 1.165) is 28.2 Å². The quantitative estimate of drug-likeness (QED) is 0.144. The summed E-state index contributed by atoms with van der Waals surface area (Å²) in [7, 11) is 0. The number of amides is 1. The highest BCUT2D eigenvalue weighted by atomic mass is 16.5. The van der Waals surface area contributed by atoms with Crippen LogP contribution in [0.3, 0.4) is 0 Å². The molecule has 0 saturated carbocycles. The molecule has 0 aliphatic heterocycles. The smallest absolute Gasteiger partial charge is 0.335 e. The fourth-order valence-electron chi connectivity index (χ4n) is 4.33. The summed E-state index contributed by atoms with van der Waals surface area (Å²) in [5.41, 5.74) is 7.55. The van der Waals surface area contributed by atoms with Gasteiger partial charge >= 0.3 is 11.9 Å². The zero-order valence-electron chi connectivity index (χ0n) is 23.1. The Morgan fingerprint density at radius 3 is 2.21 bits per heavy atom. The third-order valence-corrected chi connectivity index (χ3v) is 6.47. The molecule has 5 aromatic rings. The number of rotatable bonds is 11. The molecule has 42 heavy (non-hydrogen) atoms. The number of carbonyl (C=O) groups excluding carboxylic acids is 1. The minimum atomic E-state index is -0.981. The molecular formula is C33H29N3O6. The summed E-state index contributed by atoms with van der Waals surface area (Å²) in [6.07, 6.45) is 1.51. The number of aromatic carboxylic acids is 1. The van der Waals surface area contributed by atoms with Crippen LogP contribution in [0.15, 0.2) is 107 Å². The number of hydrogen-bond donors (Lipinski definition) is 2. The Bertz CT molecular complexity index is 1700. The summed E-state index contributed by atoms with van der Waals surface area (Å²) < 4.78 is 19.3. The van der Waals surface area contributed by atoms with E-state index in [-0.39, 0.29) is 24.5 Å². The first-order valence-corrected chi connectivity index (χ1v) is 13.2. The van der Waals surface area contributed by atoms with Crippen molar-refractivity contribution in [2.45, 2.75) is 27.1 Å². The predicted molar refractivity (Wildman–Crippen MR) is 158 cm³/mol. The number of carboxylic acids is 1. The molecule has 3 aromatic carbocycles. The Balaban J connectivity index is 1.08. The molecule has 0 spiro atoms. The Morgan fingerprint density at radius 1 is 0.857 bits per heavy atom. The SMILES string of the molecule is Cc1ccc(C)n1-c1ccc(OCc2ccc(C(=O)N/N=C/c3ccc(OCc4cccc(C(=O)O)c4)cc3)o2)cc1. The molecule has 0 atom stereocenters. The van der Waals surface area contributed by atoms with Gasteiger partial charge < -0.3 is 23.6 Å². The lowest BCUT2D eigenvalue weighted by Gasteiger charge is -2.10. The fraction of sp³-hybridized carbons (Fsp3) is 0.121. The number of benzene rings is 3. The molecule has 5 rings (SSSR count). The van der Waals surface area contributed by atoms with Crippen molar-refractivity contribution in [2.24, 2.45) is 5.10 Å². The van der Waals surface area contributed by atoms with E-state index < -0.39 is 11.9 Å². The lowest BCUT2D eigenvalue weighted by atomic mass is 10.1. The molecule has 2 N–H and O–H groups in total. The summed E-state index contributed by atoms with van der Waals surface area (Å²) in [5, 5.41) is 13.1. The van der Waals surface area contributed by atoms with Crippen molar-refractivity contribution in [1.29, 1.82) is 0 Å². The Kier molecular flexibility index (Phi) is 8.48. The van der Waals surface area contributed by atoms with E-state index in [0.29, 0.717) is 17.3 Å². The third kappa shape index (κ3) is 6.95. The van der Waals surface area contributed by atoms with Gasteiger partial charge in [0.15, 0.2) is 5.76 Å². The second-order valence-corrected chi connectivity index (χ2v) is 9.56. The molecule has 2 heterocycles. The van der Waals surface area contributed by atoms with Gasteiger partial charge in [0, 0.05) is 17.1 Å². The number of aromatic nitrogens is 1. The van der Waals surface area contributed by atoms with Crippen LogP contribution in [0.2, 0.25) is 0 Å². The number of furan rings is 1. The maximum Gasteiger partial charge on any atom is 0.335 e. The first kappa shape index (κ1) is 28.0. The highest BCUT2D eigenvalue weighted by Crippen LogP contribution is 2.21. The van der Waals surface area contributed by atoms with Gasteiger partial charge in [-0.1, -0.05) is 12.1 Å². The zero-order chi connectivity index (χ0) is 29.5. The number of hydrogen-bond acceptors (Lipinski definition) is 6. The lowest BCUT2D eigenvalue weighted by molar-refractivity contribution is 0.0696. The maximum atomic E-state index is 12.4. The molecule has 9 nitrogen and oxygen atoms in total. The highest BCUT2D eigenvalue weighted by Gasteiger charge is 2.11. The summed E-state index contributed by atoms with van der Waals surface area (Å²) in [6, 6.07) is 28.9. The van der Waals surface area contributed by atoms with Crippen molar-refractivity contribution < 1.29 is 28.6 Å². The molecule has 0 radical (unpaired) electrons. The predicted octanol–water partition coefficient (Wildman–Crippen LogP) is 6.31. The molecule has 212 valence electrons. The van der Waals surface area contributed by atoms with Crippen LogP contribution in [-0.2, 0) is 13.2 Å². The average molecular weight is 564 g/mol. The molecule has 0 unspecified atom stereocenters. The standard InChI is InChI=1S/C33H29N3O6/c1-22-6-7-23(2)36(22)27-10-14-29(15-11-27)41-21-30-16-17-31(42-30)32(37)35-34-19-24-8-12-28(13-9-24)40-20-25-4-3-5-26(18-25)33(38)39/h3-19H,20-21H2,1-2H3,(H,35,37)(H,38,39)/b34-19+. The largest absolute Gasteiger partial charge is 0.489 e. The van der Waals surface area contributed by atoms with E-state index in [4.69, 9.17) is 19.0 Å². The van der Waals surface area contributed by atoms with Gasteiger partial charge in [0.05, 0.1) is 11.8 Å². The van der Waals surface area contributed by atoms with E-state index in [1.807, 2.05) is 24.3 Å². The van der Waals surface area contributed by atoms with Gasteiger partial charge in [-0.3, -0.25) is 4.79 Å². The van der Waals surface area contributed by atoms with Crippen molar-refractivity contribution in [3.05, 3.63) is 137 Å². The molecule has 0 aliphatic carbocycles. The summed E-state index contributed by atoms with van der Waals surface area (Å²) in [4.78, 5) is 23.6. The van der Waals surface area contributed by atoms with Gasteiger partial charge in [-0.2, -0.15) is 5.10 Å². The molecule has 0 saturated heterocycles. The third-order valence-electron chi connectivity index (χ3n) is 6.47. The Labute approximate surface area is 242 Å². The van der Waals surface area contributed by atoms with Crippen LogP contribution in [0.5, 0.6) is 11.5 Å². The molecule has 0 bridgehead atoms. The van der Waals surface area contributed by atoms with E-state index in [2.05, 4.69) is 41.1 Å². The van der Waals surface area contributed by atoms with Crippen LogP contribution in [0.4, 0.5) is 0 Å². The number of hydrazone groups is 1. The minimum Gasteiger partial charge on any atom is -0.489 e. The Morgan fingerprint density at radius 2 is 1.52 bits per heavy atom. The maximum absolute atomic E-state index is 12.4. The second kappa shape index (κ2) is 12.7. The number of nitrogens with zero attached hydrogens (tertiary/aromatic N) is 2. The highest BCUT2D eigenvalue weighted by molar-refractivity contribution is 5.92. The minimum absolute atomic E-state index is 0.121. The first-order valence-electron chi connectivity index (χ1n) is 13.2. The van der Waals surface area contributed by atoms with Crippen molar-refractivity contribution in [3.63, 3.8) is 0 Å². The number of aryl methyl sites for hydroxylation is 2. The fourth-order valence-corrected chi connectivity index (χ4v) is 4.33. The first-order chi connectivity index (χ1) is 20.4. The van der Waals surface area contributed by atoms with E-state index in [1.165, 1.54) is 12.3 Å². The van der Waals surface area contributed by atoms with Gasteiger partial charge in [-0.25, -0.2) is 10.2 Å². The van der Waals surface area contributed by atoms with Crippen molar-refractivity contribution in [2.75, 3.05) is 0 Å². The summed E-state index contributed by atoms with van der Waals surface area (Å²) >= 11 is 0. The van der Waals surface area contributed by atoms with Crippen LogP contribution in [0.25, 0.3) is 5.69 Å². The average Bonchev–Trinajstić information content (AvgIpc) is 3.62. The summed E-state index contributed by atoms with van der Waals surface area (Å²) in [6.45, 7) is 4.55. The van der Waals surface area contributed by atoms with Crippen molar-refractivity contribution in [1.82, 2.24) is 9.99 Å².